The molecule has 4 nitrogen and oxygen atoms in total. The summed E-state index contributed by atoms with van der Waals surface area (Å²) < 4.78 is 6.14. The van der Waals surface area contributed by atoms with Gasteiger partial charge in [0.25, 0.3) is 0 Å². The molecular weight excluding hydrogens is 292 g/mol. The number of carbonyl (C=O) groups is 1. The number of rotatable bonds is 6. The van der Waals surface area contributed by atoms with E-state index in [0.29, 0.717) is 19.7 Å². The minimum Gasteiger partial charge on any atom is -0.415 e. The van der Waals surface area contributed by atoms with Crippen molar-refractivity contribution in [2.75, 3.05) is 25.0 Å². The van der Waals surface area contributed by atoms with Gasteiger partial charge in [-0.05, 0) is 37.2 Å². The summed E-state index contributed by atoms with van der Waals surface area (Å²) in [7, 11) is -1.75. The zero-order chi connectivity index (χ0) is 16.8. The summed E-state index contributed by atoms with van der Waals surface area (Å²) in [5, 5.41) is 3.10. The Labute approximate surface area is 136 Å². The van der Waals surface area contributed by atoms with Crippen LogP contribution < -0.4 is 5.32 Å². The van der Waals surface area contributed by atoms with E-state index in [9.17, 15) is 4.79 Å². The predicted octanol–water partition coefficient (Wildman–Crippen LogP) is 4.56. The molecule has 0 saturated carbocycles. The third kappa shape index (κ3) is 5.46. The molecule has 1 N–H and O–H groups in total. The third-order valence-electron chi connectivity index (χ3n) is 4.32. The Kier molecular flexibility index (Phi) is 6.62. The van der Waals surface area contributed by atoms with Crippen LogP contribution in [0.3, 0.4) is 0 Å². The molecule has 5 heteroatoms. The summed E-state index contributed by atoms with van der Waals surface area (Å²) in [4.78, 5) is 14.0. The number of likely N-dealkylation sites (N-methyl/N-ethyl adjacent to an activating group) is 1. The summed E-state index contributed by atoms with van der Waals surface area (Å²) in [5.74, 6) is 0. The molecule has 0 aliphatic rings. The van der Waals surface area contributed by atoms with Crippen LogP contribution in [0.5, 0.6) is 0 Å². The molecule has 0 aromatic heterocycles. The highest BCUT2D eigenvalue weighted by Crippen LogP contribution is 2.36. The van der Waals surface area contributed by atoms with Crippen LogP contribution in [-0.4, -0.2) is 38.9 Å². The smallest absolute Gasteiger partial charge is 0.321 e. The molecular formula is C17H30N2O2Si. The maximum absolute atomic E-state index is 12.3. The zero-order valence-corrected chi connectivity index (χ0v) is 15.8. The highest BCUT2D eigenvalue weighted by molar-refractivity contribution is 6.74. The first-order chi connectivity index (χ1) is 10.2. The largest absolute Gasteiger partial charge is 0.415 e. The topological polar surface area (TPSA) is 41.6 Å². The van der Waals surface area contributed by atoms with Crippen molar-refractivity contribution in [1.82, 2.24) is 4.90 Å². The lowest BCUT2D eigenvalue weighted by atomic mass is 10.2. The molecule has 2 amide bonds. The van der Waals surface area contributed by atoms with Crippen molar-refractivity contribution in [3.63, 3.8) is 0 Å². The van der Waals surface area contributed by atoms with Gasteiger partial charge < -0.3 is 14.6 Å². The Bertz CT molecular complexity index is 469. The molecule has 0 heterocycles. The highest BCUT2D eigenvalue weighted by atomic mass is 28.4. The number of hydrogen-bond acceptors (Lipinski definition) is 2. The van der Waals surface area contributed by atoms with Crippen molar-refractivity contribution in [1.29, 1.82) is 0 Å². The third-order valence-corrected chi connectivity index (χ3v) is 8.86. The van der Waals surface area contributed by atoms with Gasteiger partial charge in [0.1, 0.15) is 0 Å². The lowest BCUT2D eigenvalue weighted by molar-refractivity contribution is 0.193. The van der Waals surface area contributed by atoms with Gasteiger partial charge in [-0.15, -0.1) is 0 Å². The standard InChI is InChI=1S/C17H30N2O2Si/c1-7-19(13-14-21-22(5,6)17(2,3)4)16(20)18-15-11-9-8-10-12-15/h8-12H,7,13-14H2,1-6H3,(H,18,20). The minimum absolute atomic E-state index is 0.0764. The first kappa shape index (κ1) is 18.7. The van der Waals surface area contributed by atoms with Crippen molar-refractivity contribution in [3.8, 4) is 0 Å². The van der Waals surface area contributed by atoms with Gasteiger partial charge in [-0.1, -0.05) is 39.0 Å². The summed E-state index contributed by atoms with van der Waals surface area (Å²) in [6.07, 6.45) is 0. The predicted molar refractivity (Wildman–Crippen MR) is 95.9 cm³/mol. The number of para-hydroxylation sites is 1. The van der Waals surface area contributed by atoms with E-state index in [-0.39, 0.29) is 11.1 Å². The molecule has 1 aromatic carbocycles. The van der Waals surface area contributed by atoms with Gasteiger partial charge in [0.05, 0.1) is 6.61 Å². The fourth-order valence-corrected chi connectivity index (χ4v) is 2.79. The summed E-state index contributed by atoms with van der Waals surface area (Å²) in [6, 6.07) is 9.45. The molecule has 0 aliphatic heterocycles. The van der Waals surface area contributed by atoms with Gasteiger partial charge in [-0.2, -0.15) is 0 Å². The van der Waals surface area contributed by atoms with Gasteiger partial charge in [0.15, 0.2) is 8.32 Å². The molecule has 0 atom stereocenters. The second-order valence-electron chi connectivity index (χ2n) is 6.98. The second kappa shape index (κ2) is 7.79. The van der Waals surface area contributed by atoms with E-state index in [4.69, 9.17) is 4.43 Å². The first-order valence-corrected chi connectivity index (χ1v) is 10.8. The molecule has 0 saturated heterocycles. The maximum Gasteiger partial charge on any atom is 0.321 e. The SMILES string of the molecule is CCN(CCO[Si](C)(C)C(C)(C)C)C(=O)Nc1ccccc1. The van der Waals surface area contributed by atoms with Crippen LogP contribution in [0.2, 0.25) is 18.1 Å². The molecule has 124 valence electrons. The summed E-state index contributed by atoms with van der Waals surface area (Å²) in [6.45, 7) is 15.0. The Morgan fingerprint density at radius 1 is 1.23 bits per heavy atom. The fraction of sp³-hybridized carbons (Fsp3) is 0.588. The van der Waals surface area contributed by atoms with E-state index in [1.165, 1.54) is 0 Å². The number of urea groups is 1. The number of nitrogens with one attached hydrogen (secondary N) is 1. The van der Waals surface area contributed by atoms with Crippen LogP contribution in [0.15, 0.2) is 30.3 Å². The molecule has 0 fully saturated rings. The zero-order valence-electron chi connectivity index (χ0n) is 14.8. The summed E-state index contributed by atoms with van der Waals surface area (Å²) in [5.41, 5.74) is 0.816. The molecule has 0 unspecified atom stereocenters. The van der Waals surface area contributed by atoms with E-state index in [1.807, 2.05) is 37.3 Å². The molecule has 0 bridgehead atoms. The van der Waals surface area contributed by atoms with Crippen LogP contribution >= 0.6 is 0 Å². The minimum atomic E-state index is -1.75. The van der Waals surface area contributed by atoms with Crippen molar-refractivity contribution >= 4 is 20.0 Å². The average molecular weight is 323 g/mol. The first-order valence-electron chi connectivity index (χ1n) is 7.92. The monoisotopic (exact) mass is 322 g/mol. The van der Waals surface area contributed by atoms with Gasteiger partial charge in [-0.25, -0.2) is 4.79 Å². The number of nitrogens with zero attached hydrogens (tertiary/aromatic N) is 1. The van der Waals surface area contributed by atoms with Gasteiger partial charge in [0, 0.05) is 18.8 Å². The van der Waals surface area contributed by atoms with E-state index in [0.717, 1.165) is 5.69 Å². The van der Waals surface area contributed by atoms with Crippen LogP contribution in [0.25, 0.3) is 0 Å². The quantitative estimate of drug-likeness (QED) is 0.780. The van der Waals surface area contributed by atoms with E-state index >= 15 is 0 Å². The molecule has 0 spiro atoms. The Balaban J connectivity index is 2.50. The molecule has 0 radical (unpaired) electrons. The number of anilines is 1. The highest BCUT2D eigenvalue weighted by Gasteiger charge is 2.37. The maximum atomic E-state index is 12.3. The van der Waals surface area contributed by atoms with E-state index < -0.39 is 8.32 Å². The van der Waals surface area contributed by atoms with Crippen molar-refractivity contribution in [2.45, 2.75) is 45.8 Å². The van der Waals surface area contributed by atoms with Crippen LogP contribution in [0.4, 0.5) is 10.5 Å². The number of hydrogen-bond donors (Lipinski definition) is 1. The van der Waals surface area contributed by atoms with Crippen LogP contribution in [0.1, 0.15) is 27.7 Å². The van der Waals surface area contributed by atoms with Gasteiger partial charge in [-0.3, -0.25) is 0 Å². The van der Waals surface area contributed by atoms with E-state index in [1.54, 1.807) is 4.90 Å². The summed E-state index contributed by atoms with van der Waals surface area (Å²) >= 11 is 0. The average Bonchev–Trinajstić information content (AvgIpc) is 2.43. The Hall–Kier alpha value is -1.33. The van der Waals surface area contributed by atoms with E-state index in [2.05, 4.69) is 39.2 Å². The number of benzene rings is 1. The number of amides is 2. The van der Waals surface area contributed by atoms with Crippen LogP contribution in [-0.2, 0) is 4.43 Å². The lowest BCUT2D eigenvalue weighted by Gasteiger charge is -2.36. The molecule has 0 aliphatic carbocycles. The number of carbonyl (C=O) groups excluding carboxylic acids is 1. The Morgan fingerprint density at radius 2 is 1.82 bits per heavy atom. The normalized spacial score (nSPS) is 12.1. The van der Waals surface area contributed by atoms with Crippen molar-refractivity contribution in [2.24, 2.45) is 0 Å². The lowest BCUT2D eigenvalue weighted by Crippen LogP contribution is -2.44. The van der Waals surface area contributed by atoms with Crippen molar-refractivity contribution < 1.29 is 9.22 Å². The fourth-order valence-electron chi connectivity index (χ4n) is 1.75. The molecule has 22 heavy (non-hydrogen) atoms. The molecule has 1 rings (SSSR count). The molecule has 1 aromatic rings. The van der Waals surface area contributed by atoms with Crippen LogP contribution in [0, 0.1) is 0 Å². The van der Waals surface area contributed by atoms with Crippen molar-refractivity contribution in [3.05, 3.63) is 30.3 Å². The Morgan fingerprint density at radius 3 is 2.32 bits per heavy atom. The van der Waals surface area contributed by atoms with Gasteiger partial charge >= 0.3 is 6.03 Å². The second-order valence-corrected chi connectivity index (χ2v) is 11.8. The van der Waals surface area contributed by atoms with Gasteiger partial charge in [0.2, 0.25) is 0 Å².